The summed E-state index contributed by atoms with van der Waals surface area (Å²) in [6.45, 7) is 8.48. The van der Waals surface area contributed by atoms with Crippen LogP contribution in [0.5, 0.6) is 0 Å². The molecule has 1 aromatic carbocycles. The van der Waals surface area contributed by atoms with E-state index in [9.17, 15) is 9.59 Å². The number of aromatic amines is 1. The lowest BCUT2D eigenvalue weighted by Gasteiger charge is -2.35. The van der Waals surface area contributed by atoms with Crippen molar-refractivity contribution < 1.29 is 4.79 Å². The van der Waals surface area contributed by atoms with Crippen LogP contribution in [0.25, 0.3) is 11.2 Å². The Bertz CT molecular complexity index is 1250. The number of hydrogen-bond acceptors (Lipinski definition) is 5. The first-order valence-corrected chi connectivity index (χ1v) is 13.0. The molecule has 1 atom stereocenters. The van der Waals surface area contributed by atoms with Crippen molar-refractivity contribution in [2.24, 2.45) is 5.92 Å². The number of carbonyl (C=O) groups is 1. The van der Waals surface area contributed by atoms with E-state index in [4.69, 9.17) is 4.98 Å². The summed E-state index contributed by atoms with van der Waals surface area (Å²) >= 11 is 0. The van der Waals surface area contributed by atoms with Crippen LogP contribution in [0.15, 0.2) is 29.1 Å². The minimum absolute atomic E-state index is 0.0165. The van der Waals surface area contributed by atoms with Crippen molar-refractivity contribution in [3.05, 3.63) is 51.6 Å². The lowest BCUT2D eigenvalue weighted by Crippen LogP contribution is -2.43. The molecule has 2 fully saturated rings. The van der Waals surface area contributed by atoms with E-state index in [1.807, 2.05) is 4.90 Å². The molecule has 3 heterocycles. The van der Waals surface area contributed by atoms with Crippen LogP contribution in [0.1, 0.15) is 88.6 Å². The van der Waals surface area contributed by atoms with Crippen molar-refractivity contribution in [2.45, 2.75) is 83.6 Å². The zero-order chi connectivity index (χ0) is 24.6. The Balaban J connectivity index is 1.37. The van der Waals surface area contributed by atoms with Crippen molar-refractivity contribution in [1.29, 1.82) is 0 Å². The molecule has 1 aliphatic carbocycles. The number of benzene rings is 1. The van der Waals surface area contributed by atoms with Crippen molar-refractivity contribution in [3.63, 3.8) is 0 Å². The summed E-state index contributed by atoms with van der Waals surface area (Å²) in [4.78, 5) is 35.7. The molecule has 0 spiro atoms. The van der Waals surface area contributed by atoms with Gasteiger partial charge in [0.05, 0.1) is 6.54 Å². The molecule has 1 saturated carbocycles. The molecule has 5 rings (SSSR count). The summed E-state index contributed by atoms with van der Waals surface area (Å²) in [6.07, 6.45) is 7.36. The van der Waals surface area contributed by atoms with E-state index < -0.39 is 0 Å². The van der Waals surface area contributed by atoms with Crippen LogP contribution in [0.4, 0.5) is 0 Å². The number of nitrogens with one attached hydrogen (secondary N) is 1. The third-order valence-electron chi connectivity index (χ3n) is 7.62. The summed E-state index contributed by atoms with van der Waals surface area (Å²) in [5.74, 6) is 1.09. The summed E-state index contributed by atoms with van der Waals surface area (Å²) in [6, 6.07) is 8.47. The SMILES string of the molecule is CC(C)(C)c1ccc(Cn2nnc3c(=O)[nH]c([C@@H]4CCCN(C(=O)C5CCCCC5)C4)nc32)cc1. The zero-order valence-electron chi connectivity index (χ0n) is 21.1. The molecule has 8 nitrogen and oxygen atoms in total. The second kappa shape index (κ2) is 9.55. The molecule has 1 aliphatic heterocycles. The summed E-state index contributed by atoms with van der Waals surface area (Å²) in [5.41, 5.74) is 2.93. The minimum atomic E-state index is -0.268. The van der Waals surface area contributed by atoms with Crippen LogP contribution in [0.3, 0.4) is 0 Å². The molecule has 2 aromatic heterocycles. The van der Waals surface area contributed by atoms with E-state index in [1.54, 1.807) is 4.68 Å². The zero-order valence-corrected chi connectivity index (χ0v) is 21.1. The molecule has 0 bridgehead atoms. The first-order valence-electron chi connectivity index (χ1n) is 13.0. The second-order valence-electron chi connectivity index (χ2n) is 11.3. The highest BCUT2D eigenvalue weighted by molar-refractivity contribution is 5.79. The molecular weight excluding hydrogens is 440 g/mol. The Labute approximate surface area is 206 Å². The van der Waals surface area contributed by atoms with Gasteiger partial charge in [-0.05, 0) is 42.2 Å². The number of piperidine rings is 1. The van der Waals surface area contributed by atoms with Crippen molar-refractivity contribution in [2.75, 3.05) is 13.1 Å². The highest BCUT2D eigenvalue weighted by Crippen LogP contribution is 2.30. The number of nitrogens with zero attached hydrogens (tertiary/aromatic N) is 5. The quantitative estimate of drug-likeness (QED) is 0.610. The largest absolute Gasteiger partial charge is 0.342 e. The molecule has 186 valence electrons. The van der Waals surface area contributed by atoms with E-state index in [2.05, 4.69) is 60.3 Å². The average Bonchev–Trinajstić information content (AvgIpc) is 3.27. The number of hydrogen-bond donors (Lipinski definition) is 1. The first-order chi connectivity index (χ1) is 16.8. The maximum absolute atomic E-state index is 13.1. The van der Waals surface area contributed by atoms with Gasteiger partial charge in [-0.2, -0.15) is 0 Å². The Hall–Kier alpha value is -3.03. The van der Waals surface area contributed by atoms with E-state index in [-0.39, 0.29) is 34.2 Å². The number of amides is 1. The van der Waals surface area contributed by atoms with Crippen molar-refractivity contribution in [1.82, 2.24) is 29.9 Å². The van der Waals surface area contributed by atoms with Gasteiger partial charge in [-0.3, -0.25) is 9.59 Å². The van der Waals surface area contributed by atoms with Gasteiger partial charge in [0.25, 0.3) is 5.56 Å². The molecular formula is C27H36N6O2. The van der Waals surface area contributed by atoms with Crippen molar-refractivity contribution in [3.8, 4) is 0 Å². The first kappa shape index (κ1) is 23.7. The molecule has 3 aromatic rings. The highest BCUT2D eigenvalue weighted by atomic mass is 16.2. The second-order valence-corrected chi connectivity index (χ2v) is 11.3. The number of carbonyl (C=O) groups excluding carboxylic acids is 1. The highest BCUT2D eigenvalue weighted by Gasteiger charge is 2.31. The average molecular weight is 477 g/mol. The Morgan fingerprint density at radius 2 is 1.80 bits per heavy atom. The van der Waals surface area contributed by atoms with E-state index in [1.165, 1.54) is 12.0 Å². The summed E-state index contributed by atoms with van der Waals surface area (Å²) in [7, 11) is 0. The Kier molecular flexibility index (Phi) is 6.47. The number of fused-ring (bicyclic) bond motifs is 1. The number of aromatic nitrogens is 5. The van der Waals surface area contributed by atoms with Crippen LogP contribution >= 0.6 is 0 Å². The van der Waals surface area contributed by atoms with E-state index in [0.29, 0.717) is 24.6 Å². The molecule has 0 unspecified atom stereocenters. The predicted octanol–water partition coefficient (Wildman–Crippen LogP) is 4.15. The van der Waals surface area contributed by atoms with Gasteiger partial charge in [-0.15, -0.1) is 5.10 Å². The smallest absolute Gasteiger partial charge is 0.281 e. The monoisotopic (exact) mass is 476 g/mol. The van der Waals surface area contributed by atoms with Gasteiger partial charge in [0.1, 0.15) is 5.82 Å². The lowest BCUT2D eigenvalue weighted by atomic mass is 9.87. The van der Waals surface area contributed by atoms with Gasteiger partial charge >= 0.3 is 0 Å². The molecule has 1 amide bonds. The third kappa shape index (κ3) is 5.02. The molecule has 2 aliphatic rings. The van der Waals surface area contributed by atoms with Gasteiger partial charge in [0.15, 0.2) is 11.2 Å². The molecule has 8 heteroatoms. The number of likely N-dealkylation sites (tertiary alicyclic amines) is 1. The lowest BCUT2D eigenvalue weighted by molar-refractivity contribution is -0.137. The van der Waals surface area contributed by atoms with Crippen molar-refractivity contribution >= 4 is 17.1 Å². The normalized spacial score (nSPS) is 19.9. The van der Waals surface area contributed by atoms with Crippen LogP contribution in [0.2, 0.25) is 0 Å². The van der Waals surface area contributed by atoms with Gasteiger partial charge < -0.3 is 9.88 Å². The minimum Gasteiger partial charge on any atom is -0.342 e. The molecule has 1 N–H and O–H groups in total. The van der Waals surface area contributed by atoms with Gasteiger partial charge in [0.2, 0.25) is 5.91 Å². The molecule has 0 radical (unpaired) electrons. The third-order valence-corrected chi connectivity index (χ3v) is 7.62. The fraction of sp³-hybridized carbons (Fsp3) is 0.593. The maximum Gasteiger partial charge on any atom is 0.281 e. The van der Waals surface area contributed by atoms with Crippen LogP contribution < -0.4 is 5.56 Å². The maximum atomic E-state index is 13.1. The Morgan fingerprint density at radius 1 is 1.06 bits per heavy atom. The number of rotatable bonds is 4. The topological polar surface area (TPSA) is 96.8 Å². The van der Waals surface area contributed by atoms with Crippen LogP contribution in [-0.2, 0) is 16.8 Å². The number of H-pyrrole nitrogens is 1. The Morgan fingerprint density at radius 3 is 2.51 bits per heavy atom. The van der Waals surface area contributed by atoms with Crippen LogP contribution in [-0.4, -0.2) is 48.9 Å². The molecule has 1 saturated heterocycles. The van der Waals surface area contributed by atoms with Gasteiger partial charge in [0, 0.05) is 24.9 Å². The predicted molar refractivity (Wildman–Crippen MR) is 135 cm³/mol. The standard InChI is InChI=1S/C27H36N6O2/c1-27(2,3)21-13-11-18(12-14-21)16-33-24-22(30-31-33)25(34)29-23(28-24)20-10-7-15-32(17-20)26(35)19-8-5-4-6-9-19/h11-14,19-20H,4-10,15-17H2,1-3H3,(H,28,29,34)/t20-/m1/s1. The van der Waals surface area contributed by atoms with E-state index in [0.717, 1.165) is 50.6 Å². The fourth-order valence-corrected chi connectivity index (χ4v) is 5.47. The fourth-order valence-electron chi connectivity index (χ4n) is 5.47. The van der Waals surface area contributed by atoms with E-state index >= 15 is 0 Å². The van der Waals surface area contributed by atoms with Gasteiger partial charge in [-0.25, -0.2) is 9.67 Å². The van der Waals surface area contributed by atoms with Gasteiger partial charge in [-0.1, -0.05) is 69.5 Å². The molecule has 35 heavy (non-hydrogen) atoms. The van der Waals surface area contributed by atoms with Crippen LogP contribution in [0, 0.1) is 5.92 Å². The summed E-state index contributed by atoms with van der Waals surface area (Å²) < 4.78 is 1.70. The summed E-state index contributed by atoms with van der Waals surface area (Å²) in [5, 5.41) is 8.34.